The molecular weight excluding hydrogens is 452 g/mol. The van der Waals surface area contributed by atoms with Crippen LogP contribution in [0.2, 0.25) is 0 Å². The molecule has 2 aromatic carbocycles. The molecule has 1 saturated heterocycles. The molecule has 0 radical (unpaired) electrons. The van der Waals surface area contributed by atoms with Crippen molar-refractivity contribution in [2.75, 3.05) is 18.5 Å². The number of nitrogens with zero attached hydrogens (tertiary/aromatic N) is 2. The van der Waals surface area contributed by atoms with E-state index in [1.165, 1.54) is 12.8 Å². The lowest BCUT2D eigenvalue weighted by Gasteiger charge is -2.30. The Bertz CT molecular complexity index is 1290. The Morgan fingerprint density at radius 3 is 2.39 bits per heavy atom. The van der Waals surface area contributed by atoms with Crippen molar-refractivity contribution < 1.29 is 14.3 Å². The van der Waals surface area contributed by atoms with Crippen LogP contribution in [-0.4, -0.2) is 36.0 Å². The highest BCUT2D eigenvalue weighted by molar-refractivity contribution is 5.96. The van der Waals surface area contributed by atoms with Gasteiger partial charge in [0.25, 0.3) is 0 Å². The van der Waals surface area contributed by atoms with Gasteiger partial charge >= 0.3 is 6.03 Å². The van der Waals surface area contributed by atoms with Crippen LogP contribution in [0.15, 0.2) is 42.5 Å². The summed E-state index contributed by atoms with van der Waals surface area (Å²) in [5.41, 5.74) is 4.43. The number of urea groups is 1. The summed E-state index contributed by atoms with van der Waals surface area (Å²) >= 11 is 0. The minimum Gasteiger partial charge on any atom is -0.490 e. The average molecular weight is 485 g/mol. The van der Waals surface area contributed by atoms with Crippen LogP contribution in [0.4, 0.5) is 10.5 Å². The van der Waals surface area contributed by atoms with Gasteiger partial charge in [-0.3, -0.25) is 0 Å². The molecule has 0 spiro atoms. The van der Waals surface area contributed by atoms with Crippen molar-refractivity contribution in [2.45, 2.75) is 69.6 Å². The molecule has 0 unspecified atom stereocenters. The van der Waals surface area contributed by atoms with Crippen LogP contribution >= 0.6 is 0 Å². The fourth-order valence-corrected chi connectivity index (χ4v) is 5.39. The summed E-state index contributed by atoms with van der Waals surface area (Å²) < 4.78 is 14.1. The van der Waals surface area contributed by atoms with Crippen molar-refractivity contribution >= 4 is 22.6 Å². The number of amides is 2. The number of carbonyl (C=O) groups is 1. The van der Waals surface area contributed by atoms with Crippen molar-refractivity contribution in [3.63, 3.8) is 0 Å². The lowest BCUT2D eigenvalue weighted by Crippen LogP contribution is -2.41. The molecule has 3 fully saturated rings. The van der Waals surface area contributed by atoms with Gasteiger partial charge in [0.05, 0.1) is 30.0 Å². The second-order valence-corrected chi connectivity index (χ2v) is 10.2. The molecule has 3 aliphatic rings. The second-order valence-electron chi connectivity index (χ2n) is 10.2. The molecule has 3 aromatic rings. The van der Waals surface area contributed by atoms with Gasteiger partial charge < -0.3 is 24.7 Å². The van der Waals surface area contributed by atoms with Crippen LogP contribution < -0.4 is 15.4 Å². The lowest BCUT2D eigenvalue weighted by atomic mass is 9.92. The monoisotopic (exact) mass is 484 g/mol. The quantitative estimate of drug-likeness (QED) is 0.440. The van der Waals surface area contributed by atoms with E-state index < -0.39 is 0 Å². The van der Waals surface area contributed by atoms with Crippen molar-refractivity contribution in [3.8, 4) is 23.1 Å². The second kappa shape index (κ2) is 9.87. The van der Waals surface area contributed by atoms with Gasteiger partial charge in [0.15, 0.2) is 0 Å². The molecule has 0 atom stereocenters. The van der Waals surface area contributed by atoms with E-state index in [1.54, 1.807) is 0 Å². The lowest BCUT2D eigenvalue weighted by molar-refractivity contribution is 0.0256. The number of nitrogens with one attached hydrogen (secondary N) is 2. The largest absolute Gasteiger partial charge is 0.490 e. The van der Waals surface area contributed by atoms with Gasteiger partial charge in [-0.1, -0.05) is 12.1 Å². The Balaban J connectivity index is 1.32. The maximum absolute atomic E-state index is 12.3. The molecule has 6 rings (SSSR count). The van der Waals surface area contributed by atoms with Crippen LogP contribution in [-0.2, 0) is 4.74 Å². The molecule has 2 heterocycles. The number of hydrogen-bond acceptors (Lipinski definition) is 4. The molecule has 2 saturated carbocycles. The van der Waals surface area contributed by atoms with E-state index >= 15 is 0 Å². The van der Waals surface area contributed by atoms with Crippen molar-refractivity contribution in [1.82, 2.24) is 9.88 Å². The maximum Gasteiger partial charge on any atom is 0.319 e. The number of benzene rings is 2. The Kier molecular flexibility index (Phi) is 6.28. The van der Waals surface area contributed by atoms with Gasteiger partial charge in [-0.05, 0) is 74.4 Å². The number of carbonyl (C=O) groups excluding carboxylic acids is 1. The number of aromatic nitrogens is 1. The fourth-order valence-electron chi connectivity index (χ4n) is 5.39. The number of fused-ring (bicyclic) bond motifs is 1. The summed E-state index contributed by atoms with van der Waals surface area (Å²) in [7, 11) is 0. The van der Waals surface area contributed by atoms with E-state index in [4.69, 9.17) is 9.47 Å². The third kappa shape index (κ3) is 4.42. The number of nitriles is 1. The Morgan fingerprint density at radius 2 is 1.75 bits per heavy atom. The summed E-state index contributed by atoms with van der Waals surface area (Å²) in [6, 6.07) is 17.0. The standard InChI is InChI=1S/C29H32N4O3/c30-18-26-25-17-24(36-23-13-15-35-16-14-23)11-12-27(25)33(22-5-2-6-22)28(26)19-7-9-21(10-8-19)32-29(34)31-20-3-1-4-20/h7-12,17,20,22-23H,1-6,13-16H2,(H2,31,32,34). The van der Waals surface area contributed by atoms with Gasteiger partial charge in [0.2, 0.25) is 0 Å². The van der Waals surface area contributed by atoms with Crippen molar-refractivity contribution in [1.29, 1.82) is 5.26 Å². The van der Waals surface area contributed by atoms with Crippen LogP contribution in [0.25, 0.3) is 22.2 Å². The van der Waals surface area contributed by atoms with E-state index in [2.05, 4.69) is 27.3 Å². The molecule has 1 aliphatic heterocycles. The normalized spacial score (nSPS) is 18.8. The average Bonchev–Trinajstić information content (AvgIpc) is 3.15. The summed E-state index contributed by atoms with van der Waals surface area (Å²) in [5, 5.41) is 17.2. The third-order valence-electron chi connectivity index (χ3n) is 7.85. The number of rotatable bonds is 6. The number of ether oxygens (including phenoxy) is 2. The molecule has 2 N–H and O–H groups in total. The zero-order valence-electron chi connectivity index (χ0n) is 20.5. The molecule has 0 bridgehead atoms. The summed E-state index contributed by atoms with van der Waals surface area (Å²) in [6.07, 6.45) is 8.64. The predicted octanol–water partition coefficient (Wildman–Crippen LogP) is 6.14. The van der Waals surface area contributed by atoms with Gasteiger partial charge in [-0.15, -0.1) is 0 Å². The first-order chi connectivity index (χ1) is 17.7. The third-order valence-corrected chi connectivity index (χ3v) is 7.85. The molecule has 7 heteroatoms. The van der Waals surface area contributed by atoms with Crippen LogP contribution in [0.5, 0.6) is 5.75 Å². The molecule has 2 aliphatic carbocycles. The molecular formula is C29H32N4O3. The van der Waals surface area contributed by atoms with Crippen LogP contribution in [0, 0.1) is 11.3 Å². The number of anilines is 1. The first-order valence-corrected chi connectivity index (χ1v) is 13.2. The highest BCUT2D eigenvalue weighted by Crippen LogP contribution is 2.43. The van der Waals surface area contributed by atoms with Crippen LogP contribution in [0.3, 0.4) is 0 Å². The molecule has 1 aromatic heterocycles. The van der Waals surface area contributed by atoms with Gasteiger partial charge in [0, 0.05) is 36.0 Å². The van der Waals surface area contributed by atoms with Gasteiger partial charge in [-0.25, -0.2) is 4.79 Å². The van der Waals surface area contributed by atoms with E-state index in [-0.39, 0.29) is 12.1 Å². The van der Waals surface area contributed by atoms with Gasteiger partial charge in [0.1, 0.15) is 17.9 Å². The SMILES string of the molecule is N#Cc1c(-c2ccc(NC(=O)NC3CCC3)cc2)n(C2CCC2)c2ccc(OC3CCOCC3)cc12. The molecule has 2 amide bonds. The first kappa shape index (κ1) is 22.9. The highest BCUT2D eigenvalue weighted by atomic mass is 16.5. The van der Waals surface area contributed by atoms with E-state index in [0.29, 0.717) is 17.6 Å². The van der Waals surface area contributed by atoms with E-state index in [9.17, 15) is 10.1 Å². The van der Waals surface area contributed by atoms with E-state index in [1.807, 2.05) is 36.4 Å². The zero-order chi connectivity index (χ0) is 24.5. The maximum atomic E-state index is 12.3. The fraction of sp³-hybridized carbons (Fsp3) is 0.448. The minimum absolute atomic E-state index is 0.150. The summed E-state index contributed by atoms with van der Waals surface area (Å²) in [6.45, 7) is 1.46. The topological polar surface area (TPSA) is 88.3 Å². The molecule has 7 nitrogen and oxygen atoms in total. The Morgan fingerprint density at radius 1 is 1.00 bits per heavy atom. The minimum atomic E-state index is -0.161. The van der Waals surface area contributed by atoms with Crippen molar-refractivity contribution in [2.24, 2.45) is 0 Å². The smallest absolute Gasteiger partial charge is 0.319 e. The number of hydrogen-bond donors (Lipinski definition) is 2. The Hall–Kier alpha value is -3.50. The zero-order valence-corrected chi connectivity index (χ0v) is 20.5. The molecule has 186 valence electrons. The summed E-state index contributed by atoms with van der Waals surface area (Å²) in [4.78, 5) is 12.3. The summed E-state index contributed by atoms with van der Waals surface area (Å²) in [5.74, 6) is 0.806. The first-order valence-electron chi connectivity index (χ1n) is 13.2. The van der Waals surface area contributed by atoms with Gasteiger partial charge in [-0.2, -0.15) is 5.26 Å². The van der Waals surface area contributed by atoms with Crippen molar-refractivity contribution in [3.05, 3.63) is 48.0 Å². The van der Waals surface area contributed by atoms with E-state index in [0.717, 1.165) is 85.3 Å². The highest BCUT2D eigenvalue weighted by Gasteiger charge is 2.28. The Labute approximate surface area is 211 Å². The van der Waals surface area contributed by atoms with Crippen LogP contribution in [0.1, 0.15) is 63.0 Å². The predicted molar refractivity (Wildman–Crippen MR) is 139 cm³/mol. The molecule has 36 heavy (non-hydrogen) atoms.